The molecule has 5 heteroatoms. The van der Waals surface area contributed by atoms with Crippen LogP contribution in [0, 0.1) is 0 Å². The highest BCUT2D eigenvalue weighted by Crippen LogP contribution is 2.35. The summed E-state index contributed by atoms with van der Waals surface area (Å²) < 4.78 is 9.64. The Morgan fingerprint density at radius 1 is 1.14 bits per heavy atom. The maximum atomic E-state index is 13.4. The summed E-state index contributed by atoms with van der Waals surface area (Å²) in [6.45, 7) is 8.36. The van der Waals surface area contributed by atoms with Crippen LogP contribution in [-0.4, -0.2) is 27.5 Å². The number of carbonyl (C=O) groups is 2. The van der Waals surface area contributed by atoms with Crippen LogP contribution in [0.5, 0.6) is 0 Å². The van der Waals surface area contributed by atoms with Crippen LogP contribution in [0.4, 0.5) is 0 Å². The minimum atomic E-state index is -0.254. The zero-order valence-electron chi connectivity index (χ0n) is 18.1. The molecular weight excluding hydrogens is 364 g/mol. The lowest BCUT2D eigenvalue weighted by Crippen LogP contribution is -2.16. The summed E-state index contributed by atoms with van der Waals surface area (Å²) in [7, 11) is 0. The fourth-order valence-electron chi connectivity index (χ4n) is 4.32. The van der Waals surface area contributed by atoms with Crippen molar-refractivity contribution in [2.75, 3.05) is 6.61 Å². The van der Waals surface area contributed by atoms with Crippen molar-refractivity contribution in [2.24, 2.45) is 0 Å². The molecule has 2 aromatic heterocycles. The third-order valence-electron chi connectivity index (χ3n) is 5.86. The van der Waals surface area contributed by atoms with E-state index in [0.717, 1.165) is 54.9 Å². The summed E-state index contributed by atoms with van der Waals surface area (Å²) in [6.07, 6.45) is 8.80. The second-order valence-corrected chi connectivity index (χ2v) is 7.93. The molecule has 29 heavy (non-hydrogen) atoms. The fraction of sp³-hybridized carbons (Fsp3) is 0.583. The minimum Gasteiger partial charge on any atom is -0.465 e. The highest BCUT2D eigenvalue weighted by atomic mass is 16.5. The number of nitrogens with zero attached hydrogens (tertiary/aromatic N) is 2. The van der Waals surface area contributed by atoms with Gasteiger partial charge in [0.2, 0.25) is 5.78 Å². The van der Waals surface area contributed by atoms with Crippen LogP contribution < -0.4 is 0 Å². The highest BCUT2D eigenvalue weighted by molar-refractivity contribution is 6.08. The molecule has 3 rings (SSSR count). The number of ether oxygens (including phenoxy) is 1. The summed E-state index contributed by atoms with van der Waals surface area (Å²) >= 11 is 0. The number of aryl methyl sites for hydroxylation is 2. The second-order valence-electron chi connectivity index (χ2n) is 7.93. The molecule has 0 fully saturated rings. The van der Waals surface area contributed by atoms with E-state index in [-0.39, 0.29) is 17.7 Å². The van der Waals surface area contributed by atoms with Crippen molar-refractivity contribution >= 4 is 11.8 Å². The number of carbonyl (C=O) groups excluding carboxylic acids is 2. The van der Waals surface area contributed by atoms with Crippen molar-refractivity contribution in [1.82, 2.24) is 9.13 Å². The van der Waals surface area contributed by atoms with Crippen LogP contribution >= 0.6 is 0 Å². The highest BCUT2D eigenvalue weighted by Gasteiger charge is 2.35. The van der Waals surface area contributed by atoms with Gasteiger partial charge >= 0.3 is 5.97 Å². The zero-order valence-corrected chi connectivity index (χ0v) is 18.1. The van der Waals surface area contributed by atoms with Gasteiger partial charge in [-0.25, -0.2) is 0 Å². The van der Waals surface area contributed by atoms with Crippen molar-refractivity contribution in [3.8, 4) is 0 Å². The third-order valence-corrected chi connectivity index (χ3v) is 5.86. The lowest BCUT2D eigenvalue weighted by Gasteiger charge is -2.11. The first-order valence-corrected chi connectivity index (χ1v) is 11.2. The van der Waals surface area contributed by atoms with E-state index in [1.165, 1.54) is 12.8 Å². The maximum absolute atomic E-state index is 13.4. The molecule has 1 atom stereocenters. The van der Waals surface area contributed by atoms with Gasteiger partial charge in [0.05, 0.1) is 23.9 Å². The number of esters is 1. The Balaban J connectivity index is 1.79. The molecule has 1 unspecified atom stereocenters. The van der Waals surface area contributed by atoms with Crippen LogP contribution in [0.25, 0.3) is 0 Å². The Labute approximate surface area is 174 Å². The molecule has 158 valence electrons. The summed E-state index contributed by atoms with van der Waals surface area (Å²) in [4.78, 5) is 26.1. The van der Waals surface area contributed by atoms with E-state index in [9.17, 15) is 9.59 Å². The molecular formula is C24H34N2O3. The van der Waals surface area contributed by atoms with Gasteiger partial charge in [-0.3, -0.25) is 9.59 Å². The van der Waals surface area contributed by atoms with Crippen LogP contribution in [0.2, 0.25) is 0 Å². The van der Waals surface area contributed by atoms with Gasteiger partial charge in [-0.05, 0) is 49.4 Å². The molecule has 0 bridgehead atoms. The SMILES string of the molecule is CCCCCCOC(=O)C1CCn2c1cc(CC)c2C(=O)c1cccn1CCC. The number of ketones is 1. The lowest BCUT2D eigenvalue weighted by atomic mass is 10.0. The van der Waals surface area contributed by atoms with Crippen molar-refractivity contribution in [3.63, 3.8) is 0 Å². The first kappa shape index (κ1) is 21.4. The molecule has 0 aliphatic carbocycles. The molecule has 1 aliphatic heterocycles. The Morgan fingerprint density at radius 2 is 1.97 bits per heavy atom. The standard InChI is InChI=1S/C24H34N2O3/c1-4-7-8-9-16-29-24(28)19-12-15-26-21(19)17-18(6-3)22(26)23(27)20-11-10-14-25(20)13-5-2/h10-11,14,17,19H,4-9,12-13,15-16H2,1-3H3. The van der Waals surface area contributed by atoms with Crippen LogP contribution in [0.1, 0.15) is 92.7 Å². The molecule has 2 aromatic rings. The van der Waals surface area contributed by atoms with Crippen molar-refractivity contribution in [3.05, 3.63) is 47.0 Å². The monoisotopic (exact) mass is 398 g/mol. The number of fused-ring (bicyclic) bond motifs is 1. The normalized spacial score (nSPS) is 15.5. The van der Waals surface area contributed by atoms with Crippen LogP contribution in [-0.2, 0) is 29.0 Å². The number of unbranched alkanes of at least 4 members (excludes halogenated alkanes) is 3. The summed E-state index contributed by atoms with van der Waals surface area (Å²) in [5, 5.41) is 0. The first-order chi connectivity index (χ1) is 14.1. The smallest absolute Gasteiger partial charge is 0.315 e. The van der Waals surface area contributed by atoms with E-state index >= 15 is 0 Å². The molecule has 5 nitrogen and oxygen atoms in total. The molecule has 3 heterocycles. The van der Waals surface area contributed by atoms with Crippen LogP contribution in [0.15, 0.2) is 24.4 Å². The Bertz CT molecular complexity index is 846. The van der Waals surface area contributed by atoms with Gasteiger partial charge < -0.3 is 13.9 Å². The topological polar surface area (TPSA) is 53.2 Å². The average molecular weight is 399 g/mol. The van der Waals surface area contributed by atoms with E-state index in [1.54, 1.807) is 0 Å². The molecule has 0 N–H and O–H groups in total. The Hall–Kier alpha value is -2.30. The molecule has 0 radical (unpaired) electrons. The van der Waals surface area contributed by atoms with E-state index < -0.39 is 0 Å². The van der Waals surface area contributed by atoms with E-state index in [1.807, 2.05) is 22.9 Å². The lowest BCUT2D eigenvalue weighted by molar-refractivity contribution is -0.145. The van der Waals surface area contributed by atoms with Crippen molar-refractivity contribution in [2.45, 2.75) is 84.7 Å². The number of rotatable bonds is 11. The van der Waals surface area contributed by atoms with E-state index in [0.29, 0.717) is 19.6 Å². The fourth-order valence-corrected chi connectivity index (χ4v) is 4.32. The summed E-state index contributed by atoms with van der Waals surface area (Å²) in [5.74, 6) is -0.343. The zero-order chi connectivity index (χ0) is 20.8. The summed E-state index contributed by atoms with van der Waals surface area (Å²) in [5.41, 5.74) is 3.44. The van der Waals surface area contributed by atoms with E-state index in [2.05, 4.69) is 31.4 Å². The minimum absolute atomic E-state index is 0.0557. The maximum Gasteiger partial charge on any atom is 0.315 e. The van der Waals surface area contributed by atoms with E-state index in [4.69, 9.17) is 4.74 Å². The first-order valence-electron chi connectivity index (χ1n) is 11.2. The van der Waals surface area contributed by atoms with Gasteiger partial charge in [-0.1, -0.05) is 40.0 Å². The Kier molecular flexibility index (Phi) is 7.34. The third kappa shape index (κ3) is 4.49. The largest absolute Gasteiger partial charge is 0.465 e. The molecule has 0 amide bonds. The van der Waals surface area contributed by atoms with Gasteiger partial charge in [0, 0.05) is 25.0 Å². The number of hydrogen-bond donors (Lipinski definition) is 0. The van der Waals surface area contributed by atoms with Crippen LogP contribution in [0.3, 0.4) is 0 Å². The average Bonchev–Trinajstić information content (AvgIpc) is 3.42. The molecule has 0 spiro atoms. The number of aromatic nitrogens is 2. The Morgan fingerprint density at radius 3 is 2.69 bits per heavy atom. The van der Waals surface area contributed by atoms with Gasteiger partial charge in [0.25, 0.3) is 0 Å². The quantitative estimate of drug-likeness (QED) is 0.300. The molecule has 0 aromatic carbocycles. The number of hydrogen-bond acceptors (Lipinski definition) is 3. The molecule has 0 saturated heterocycles. The van der Waals surface area contributed by atoms with Crippen molar-refractivity contribution in [1.29, 1.82) is 0 Å². The predicted molar refractivity (Wildman–Crippen MR) is 114 cm³/mol. The van der Waals surface area contributed by atoms with Gasteiger partial charge in [0.15, 0.2) is 0 Å². The van der Waals surface area contributed by atoms with Gasteiger partial charge in [-0.2, -0.15) is 0 Å². The molecule has 0 saturated carbocycles. The predicted octanol–water partition coefficient (Wildman–Crippen LogP) is 5.10. The van der Waals surface area contributed by atoms with Gasteiger partial charge in [-0.15, -0.1) is 0 Å². The van der Waals surface area contributed by atoms with Crippen molar-refractivity contribution < 1.29 is 14.3 Å². The second kappa shape index (κ2) is 9.95. The summed E-state index contributed by atoms with van der Waals surface area (Å²) in [6, 6.07) is 5.88. The van der Waals surface area contributed by atoms with Gasteiger partial charge in [0.1, 0.15) is 0 Å². The molecule has 1 aliphatic rings.